The quantitative estimate of drug-likeness (QED) is 0.300. The van der Waals surface area contributed by atoms with Crippen molar-refractivity contribution in [3.63, 3.8) is 0 Å². The molecule has 0 heterocycles. The first-order valence-electron chi connectivity index (χ1n) is 1.53. The van der Waals surface area contributed by atoms with Crippen LogP contribution in [-0.4, -0.2) is 36.0 Å². The van der Waals surface area contributed by atoms with Gasteiger partial charge in [0.15, 0.2) is 0 Å². The minimum atomic E-state index is -5.05. The molecule has 0 aliphatic heterocycles. The zero-order valence-corrected chi connectivity index (χ0v) is 10.9. The molecule has 10 N–H and O–H groups in total. The second kappa shape index (κ2) is 9.32. The molecule has 0 aromatic rings. The van der Waals surface area contributed by atoms with E-state index in [2.05, 4.69) is 4.31 Å². The molecule has 0 bridgehead atoms. The smallest absolute Gasteiger partial charge is 0.412 e. The second-order valence-corrected chi connectivity index (χ2v) is 3.68. The summed E-state index contributed by atoms with van der Waals surface area (Å²) in [5.41, 5.74) is 0. The molecule has 0 saturated carbocycles. The third-order valence-electron chi connectivity index (χ3n) is 0.213. The molecule has 0 fully saturated rings. The van der Waals surface area contributed by atoms with Crippen LogP contribution in [0.3, 0.4) is 0 Å². The van der Waals surface area contributed by atoms with Crippen LogP contribution in [0.5, 0.6) is 0 Å². The fourth-order valence-electron chi connectivity index (χ4n) is 0.139. The minimum absolute atomic E-state index is 0. The summed E-state index contributed by atoms with van der Waals surface area (Å²) in [6.45, 7) is 0. The van der Waals surface area contributed by atoms with Gasteiger partial charge >= 0.3 is 15.6 Å². The van der Waals surface area contributed by atoms with E-state index in [1.165, 1.54) is 0 Å². The van der Waals surface area contributed by atoms with Gasteiger partial charge in [0.1, 0.15) is 0 Å². The molecule has 0 saturated heterocycles. The maximum absolute atomic E-state index is 9.63. The van der Waals surface area contributed by atoms with Crippen molar-refractivity contribution in [2.45, 2.75) is 0 Å². The average molecular weight is 297 g/mol. The van der Waals surface area contributed by atoms with Crippen molar-refractivity contribution < 1.29 is 68.9 Å². The Morgan fingerprint density at radius 3 is 0.923 bits per heavy atom. The largest absolute Gasteiger partial charge is 0.478 e. The standard InChI is InChI=1S/H4O7P2.3H2O.Zn/c1-8(2,3)7-9(4,5)6;;;;/h(H2,1,2,3)(H2,4,5,6);3*1H2;. The summed E-state index contributed by atoms with van der Waals surface area (Å²) in [6.07, 6.45) is 0. The summed E-state index contributed by atoms with van der Waals surface area (Å²) in [6, 6.07) is 0. The summed E-state index contributed by atoms with van der Waals surface area (Å²) < 4.78 is 22.2. The van der Waals surface area contributed by atoms with Gasteiger partial charge in [-0.25, -0.2) is 9.13 Å². The molecule has 0 rings (SSSR count). The van der Waals surface area contributed by atoms with Gasteiger partial charge in [-0.2, -0.15) is 4.31 Å². The fraction of sp³-hybridized carbons (Fsp3) is 0. The first-order valence-corrected chi connectivity index (χ1v) is 4.59. The number of rotatable bonds is 2. The van der Waals surface area contributed by atoms with E-state index in [1.807, 2.05) is 0 Å². The molecule has 13 heavy (non-hydrogen) atoms. The fourth-order valence-corrected chi connectivity index (χ4v) is 1.25. The van der Waals surface area contributed by atoms with E-state index < -0.39 is 15.6 Å². The minimum Gasteiger partial charge on any atom is -0.412 e. The van der Waals surface area contributed by atoms with E-state index in [9.17, 15) is 9.13 Å². The molecular formula is H10O10P2Zn. The molecule has 0 radical (unpaired) electrons. The zero-order valence-electron chi connectivity index (χ0n) is 6.12. The van der Waals surface area contributed by atoms with Gasteiger partial charge in [-0.1, -0.05) is 0 Å². The van der Waals surface area contributed by atoms with Gasteiger partial charge in [0.2, 0.25) is 0 Å². The van der Waals surface area contributed by atoms with Crippen molar-refractivity contribution in [1.29, 1.82) is 0 Å². The van der Waals surface area contributed by atoms with Crippen LogP contribution in [0, 0.1) is 0 Å². The Balaban J connectivity index is -0.0000000533. The molecule has 0 aromatic carbocycles. The summed E-state index contributed by atoms with van der Waals surface area (Å²) in [5.74, 6) is 0. The Labute approximate surface area is 85.1 Å². The zero-order chi connectivity index (χ0) is 7.71. The average Bonchev–Trinajstić information content (AvgIpc) is 1.14. The first-order chi connectivity index (χ1) is 3.71. The summed E-state index contributed by atoms with van der Waals surface area (Å²) >= 11 is 0. The Kier molecular flexibility index (Phi) is 20.9. The van der Waals surface area contributed by atoms with Crippen molar-refractivity contribution in [3.8, 4) is 0 Å². The monoisotopic (exact) mass is 296 g/mol. The van der Waals surface area contributed by atoms with Gasteiger partial charge in [-0.05, 0) is 0 Å². The summed E-state index contributed by atoms with van der Waals surface area (Å²) in [4.78, 5) is 31.0. The molecule has 13 heteroatoms. The molecule has 0 amide bonds. The van der Waals surface area contributed by atoms with Crippen LogP contribution >= 0.6 is 15.6 Å². The number of phosphoric acid groups is 2. The molecule has 0 aliphatic carbocycles. The Morgan fingerprint density at radius 1 is 0.769 bits per heavy atom. The number of hydrogen-bond donors (Lipinski definition) is 4. The van der Waals surface area contributed by atoms with Crippen LogP contribution in [0.1, 0.15) is 0 Å². The third kappa shape index (κ3) is 32.3. The predicted molar refractivity (Wildman–Crippen MR) is 36.0 cm³/mol. The van der Waals surface area contributed by atoms with Gasteiger partial charge in [0.05, 0.1) is 0 Å². The second-order valence-electron chi connectivity index (χ2n) is 1.06. The van der Waals surface area contributed by atoms with Crippen LogP contribution < -0.4 is 0 Å². The van der Waals surface area contributed by atoms with Gasteiger partial charge in [0.25, 0.3) is 0 Å². The van der Waals surface area contributed by atoms with Gasteiger partial charge in [-0.15, -0.1) is 0 Å². The first kappa shape index (κ1) is 29.2. The Bertz CT molecular complexity index is 153. The molecule has 0 unspecified atom stereocenters. The molecular weight excluding hydrogens is 287 g/mol. The normalized spacial score (nSPS) is 9.54. The van der Waals surface area contributed by atoms with E-state index in [1.54, 1.807) is 0 Å². The molecule has 0 aliphatic rings. The van der Waals surface area contributed by atoms with Crippen molar-refractivity contribution in [3.05, 3.63) is 0 Å². The SMILES string of the molecule is O.O.O.O=P(O)(O)OP(=O)(O)O.[Zn]. The van der Waals surface area contributed by atoms with Crippen LogP contribution in [0.25, 0.3) is 0 Å². The van der Waals surface area contributed by atoms with Crippen molar-refractivity contribution in [2.75, 3.05) is 0 Å². The number of hydrogen-bond acceptors (Lipinski definition) is 3. The maximum Gasteiger partial charge on any atom is 0.478 e. The van der Waals surface area contributed by atoms with E-state index in [-0.39, 0.29) is 35.9 Å². The van der Waals surface area contributed by atoms with Crippen LogP contribution in [0.2, 0.25) is 0 Å². The van der Waals surface area contributed by atoms with Gasteiger partial charge < -0.3 is 36.0 Å². The van der Waals surface area contributed by atoms with Crippen LogP contribution in [0.15, 0.2) is 0 Å². The van der Waals surface area contributed by atoms with Gasteiger partial charge in [-0.3, -0.25) is 0 Å². The van der Waals surface area contributed by atoms with E-state index in [4.69, 9.17) is 19.6 Å². The van der Waals surface area contributed by atoms with Crippen molar-refractivity contribution >= 4 is 15.6 Å². The van der Waals surface area contributed by atoms with Gasteiger partial charge in [0, 0.05) is 19.5 Å². The molecule has 82 valence electrons. The topological polar surface area (TPSA) is 219 Å². The Morgan fingerprint density at radius 2 is 0.923 bits per heavy atom. The summed E-state index contributed by atoms with van der Waals surface area (Å²) in [5, 5.41) is 0. The maximum atomic E-state index is 9.63. The third-order valence-corrected chi connectivity index (χ3v) is 1.91. The van der Waals surface area contributed by atoms with Crippen molar-refractivity contribution in [1.82, 2.24) is 0 Å². The molecule has 10 nitrogen and oxygen atoms in total. The Hall–Kier alpha value is 0.763. The van der Waals surface area contributed by atoms with E-state index in [0.717, 1.165) is 0 Å². The van der Waals surface area contributed by atoms with E-state index >= 15 is 0 Å². The van der Waals surface area contributed by atoms with Crippen LogP contribution in [0.4, 0.5) is 0 Å². The summed E-state index contributed by atoms with van der Waals surface area (Å²) in [7, 11) is -10.1. The van der Waals surface area contributed by atoms with Crippen LogP contribution in [-0.2, 0) is 32.9 Å². The molecule has 0 aromatic heterocycles. The molecule has 0 atom stereocenters. The molecule has 0 spiro atoms. The van der Waals surface area contributed by atoms with E-state index in [0.29, 0.717) is 0 Å². The predicted octanol–water partition coefficient (Wildman–Crippen LogP) is -3.29. The van der Waals surface area contributed by atoms with Crippen molar-refractivity contribution in [2.24, 2.45) is 0 Å².